The van der Waals surface area contributed by atoms with Gasteiger partial charge in [-0.3, -0.25) is 4.79 Å². The summed E-state index contributed by atoms with van der Waals surface area (Å²) in [6, 6.07) is 14.6. The molecule has 3 heteroatoms. The van der Waals surface area contributed by atoms with E-state index >= 15 is 0 Å². The molecule has 0 bridgehead atoms. The summed E-state index contributed by atoms with van der Waals surface area (Å²) in [5.74, 6) is 0.0268. The Morgan fingerprint density at radius 1 is 1.04 bits per heavy atom. The molecule has 3 nitrogen and oxygen atoms in total. The third-order valence-corrected chi connectivity index (χ3v) is 4.45. The van der Waals surface area contributed by atoms with Crippen LogP contribution in [0.25, 0.3) is 0 Å². The molecule has 0 aliphatic heterocycles. The minimum absolute atomic E-state index is 0.0268. The molecular formula is C20H24N2O. The van der Waals surface area contributed by atoms with Gasteiger partial charge in [0, 0.05) is 12.2 Å². The summed E-state index contributed by atoms with van der Waals surface area (Å²) in [4.78, 5) is 12.1. The number of fused-ring (bicyclic) bond motifs is 1. The van der Waals surface area contributed by atoms with Gasteiger partial charge in [-0.15, -0.1) is 0 Å². The molecule has 23 heavy (non-hydrogen) atoms. The van der Waals surface area contributed by atoms with Gasteiger partial charge in [0.1, 0.15) is 0 Å². The molecule has 0 aromatic heterocycles. The van der Waals surface area contributed by atoms with Crippen molar-refractivity contribution >= 4 is 11.6 Å². The molecule has 1 aliphatic rings. The topological polar surface area (TPSA) is 41.1 Å². The smallest absolute Gasteiger partial charge is 0.239 e. The first kappa shape index (κ1) is 15.6. The van der Waals surface area contributed by atoms with Crippen LogP contribution in [0.5, 0.6) is 0 Å². The summed E-state index contributed by atoms with van der Waals surface area (Å²) >= 11 is 0. The van der Waals surface area contributed by atoms with Crippen LogP contribution < -0.4 is 10.6 Å². The number of benzene rings is 2. The standard InChI is InChI=1S/C20H24N2O/c1-15-9-11-16(12-10-15)13-22-20(23)14-21-19-8-4-6-17-5-2-3-7-18(17)19/h4,6,8-12,21H,2-3,5,7,13-14H2,1H3,(H,22,23). The zero-order chi connectivity index (χ0) is 16.1. The van der Waals surface area contributed by atoms with Crippen LogP contribution in [0.4, 0.5) is 5.69 Å². The molecule has 2 aromatic carbocycles. The third-order valence-electron chi connectivity index (χ3n) is 4.45. The van der Waals surface area contributed by atoms with E-state index in [4.69, 9.17) is 0 Å². The second kappa shape index (κ2) is 7.32. The highest BCUT2D eigenvalue weighted by Gasteiger charge is 2.13. The van der Waals surface area contributed by atoms with E-state index in [1.54, 1.807) is 0 Å². The van der Waals surface area contributed by atoms with E-state index in [2.05, 4.69) is 60.0 Å². The van der Waals surface area contributed by atoms with Crippen molar-refractivity contribution in [2.75, 3.05) is 11.9 Å². The van der Waals surface area contributed by atoms with E-state index in [0.717, 1.165) is 24.1 Å². The highest BCUT2D eigenvalue weighted by Crippen LogP contribution is 2.27. The summed E-state index contributed by atoms with van der Waals surface area (Å²) in [6.07, 6.45) is 4.78. The van der Waals surface area contributed by atoms with Gasteiger partial charge in [0.2, 0.25) is 5.91 Å². The van der Waals surface area contributed by atoms with Crippen molar-refractivity contribution in [1.82, 2.24) is 5.32 Å². The molecule has 0 radical (unpaired) electrons. The average molecular weight is 308 g/mol. The van der Waals surface area contributed by atoms with Crippen LogP contribution in [0.3, 0.4) is 0 Å². The van der Waals surface area contributed by atoms with E-state index in [-0.39, 0.29) is 5.91 Å². The zero-order valence-electron chi connectivity index (χ0n) is 13.7. The fourth-order valence-corrected chi connectivity index (χ4v) is 3.09. The maximum absolute atomic E-state index is 12.1. The SMILES string of the molecule is Cc1ccc(CNC(=O)CNc2cccc3c2CCCC3)cc1. The lowest BCUT2D eigenvalue weighted by molar-refractivity contribution is -0.119. The molecule has 2 N–H and O–H groups in total. The first-order chi connectivity index (χ1) is 11.2. The van der Waals surface area contributed by atoms with Crippen LogP contribution in [0, 0.1) is 6.92 Å². The van der Waals surface area contributed by atoms with E-state index in [1.165, 1.54) is 29.5 Å². The predicted octanol–water partition coefficient (Wildman–Crippen LogP) is 3.60. The number of rotatable bonds is 5. The van der Waals surface area contributed by atoms with Gasteiger partial charge in [-0.05, 0) is 55.4 Å². The van der Waals surface area contributed by atoms with E-state index in [9.17, 15) is 4.79 Å². The van der Waals surface area contributed by atoms with E-state index < -0.39 is 0 Å². The lowest BCUT2D eigenvalue weighted by Gasteiger charge is -2.20. The van der Waals surface area contributed by atoms with Crippen LogP contribution >= 0.6 is 0 Å². The number of aryl methyl sites for hydroxylation is 2. The van der Waals surface area contributed by atoms with E-state index in [1.807, 2.05) is 0 Å². The first-order valence-electron chi connectivity index (χ1n) is 8.39. The molecule has 0 spiro atoms. The summed E-state index contributed by atoms with van der Waals surface area (Å²) in [6.45, 7) is 2.96. The van der Waals surface area contributed by atoms with Crippen LogP contribution in [0.2, 0.25) is 0 Å². The number of hydrogen-bond donors (Lipinski definition) is 2. The third kappa shape index (κ3) is 4.13. The van der Waals surface area contributed by atoms with Crippen molar-refractivity contribution in [3.05, 3.63) is 64.7 Å². The summed E-state index contributed by atoms with van der Waals surface area (Å²) in [7, 11) is 0. The van der Waals surface area contributed by atoms with Gasteiger partial charge in [-0.25, -0.2) is 0 Å². The Hall–Kier alpha value is -2.29. The van der Waals surface area contributed by atoms with Crippen molar-refractivity contribution in [3.63, 3.8) is 0 Å². The lowest BCUT2D eigenvalue weighted by atomic mass is 9.90. The monoisotopic (exact) mass is 308 g/mol. The maximum atomic E-state index is 12.1. The first-order valence-corrected chi connectivity index (χ1v) is 8.39. The fourth-order valence-electron chi connectivity index (χ4n) is 3.09. The molecule has 120 valence electrons. The second-order valence-corrected chi connectivity index (χ2v) is 6.27. The Labute approximate surface area is 138 Å². The summed E-state index contributed by atoms with van der Waals surface area (Å²) in [5, 5.41) is 6.27. The van der Waals surface area contributed by atoms with Gasteiger partial charge in [0.15, 0.2) is 0 Å². The van der Waals surface area contributed by atoms with Crippen molar-refractivity contribution in [2.24, 2.45) is 0 Å². The largest absolute Gasteiger partial charge is 0.376 e. The molecule has 3 rings (SSSR count). The Morgan fingerprint density at radius 2 is 1.83 bits per heavy atom. The number of nitrogens with one attached hydrogen (secondary N) is 2. The van der Waals surface area contributed by atoms with Gasteiger partial charge in [0.05, 0.1) is 6.54 Å². The highest BCUT2D eigenvalue weighted by atomic mass is 16.1. The Balaban J connectivity index is 1.52. The van der Waals surface area contributed by atoms with Gasteiger partial charge < -0.3 is 10.6 Å². The molecule has 2 aromatic rings. The Morgan fingerprint density at radius 3 is 2.65 bits per heavy atom. The molecule has 0 atom stereocenters. The molecular weight excluding hydrogens is 284 g/mol. The van der Waals surface area contributed by atoms with Gasteiger partial charge in [0.25, 0.3) is 0 Å². The van der Waals surface area contributed by atoms with Crippen molar-refractivity contribution in [1.29, 1.82) is 0 Å². The molecule has 0 unspecified atom stereocenters. The number of hydrogen-bond acceptors (Lipinski definition) is 2. The van der Waals surface area contributed by atoms with Crippen molar-refractivity contribution in [3.8, 4) is 0 Å². The minimum Gasteiger partial charge on any atom is -0.376 e. The highest BCUT2D eigenvalue weighted by molar-refractivity contribution is 5.81. The molecule has 0 saturated heterocycles. The van der Waals surface area contributed by atoms with Crippen molar-refractivity contribution in [2.45, 2.75) is 39.2 Å². The quantitative estimate of drug-likeness (QED) is 0.886. The Kier molecular flexibility index (Phi) is 4.96. The minimum atomic E-state index is 0.0268. The number of carbonyl (C=O) groups is 1. The fraction of sp³-hybridized carbons (Fsp3) is 0.350. The summed E-state index contributed by atoms with van der Waals surface area (Å²) in [5.41, 5.74) is 6.30. The van der Waals surface area contributed by atoms with Crippen LogP contribution in [-0.4, -0.2) is 12.5 Å². The average Bonchev–Trinajstić information content (AvgIpc) is 2.59. The summed E-state index contributed by atoms with van der Waals surface area (Å²) < 4.78 is 0. The maximum Gasteiger partial charge on any atom is 0.239 e. The molecule has 0 heterocycles. The van der Waals surface area contributed by atoms with E-state index in [0.29, 0.717) is 13.1 Å². The molecule has 0 fully saturated rings. The zero-order valence-corrected chi connectivity index (χ0v) is 13.7. The second-order valence-electron chi connectivity index (χ2n) is 6.27. The van der Waals surface area contributed by atoms with Crippen LogP contribution in [-0.2, 0) is 24.2 Å². The van der Waals surface area contributed by atoms with Crippen LogP contribution in [0.15, 0.2) is 42.5 Å². The van der Waals surface area contributed by atoms with Gasteiger partial charge >= 0.3 is 0 Å². The lowest BCUT2D eigenvalue weighted by Crippen LogP contribution is -2.29. The molecule has 1 aliphatic carbocycles. The normalized spacial score (nSPS) is 13.3. The molecule has 1 amide bonds. The predicted molar refractivity (Wildman–Crippen MR) is 94.6 cm³/mol. The van der Waals surface area contributed by atoms with Crippen molar-refractivity contribution < 1.29 is 4.79 Å². The number of amides is 1. The number of carbonyl (C=O) groups excluding carboxylic acids is 1. The van der Waals surface area contributed by atoms with Crippen LogP contribution in [0.1, 0.15) is 35.1 Å². The molecule has 0 saturated carbocycles. The van der Waals surface area contributed by atoms with Gasteiger partial charge in [-0.1, -0.05) is 42.0 Å². The Bertz CT molecular complexity index is 677. The number of anilines is 1. The van der Waals surface area contributed by atoms with Gasteiger partial charge in [-0.2, -0.15) is 0 Å².